The summed E-state index contributed by atoms with van der Waals surface area (Å²) >= 11 is 0. The fraction of sp³-hybridized carbons (Fsp3) is 0.375. The topological polar surface area (TPSA) is 90.1 Å². The molecule has 0 aliphatic rings. The summed E-state index contributed by atoms with van der Waals surface area (Å²) in [5.41, 5.74) is 2.56. The number of hydrogen-bond donors (Lipinski definition) is 2. The number of rotatable bonds is 3. The number of nitrogens with one attached hydrogen (secondary N) is 1. The van der Waals surface area contributed by atoms with E-state index in [1.54, 1.807) is 13.8 Å². The van der Waals surface area contributed by atoms with E-state index in [9.17, 15) is 4.79 Å². The summed E-state index contributed by atoms with van der Waals surface area (Å²) in [7, 11) is 0. The first-order valence-electron chi connectivity index (χ1n) is 4.16. The highest BCUT2D eigenvalue weighted by atomic mass is 16.5. The number of nitrogens with two attached hydrogens (primary N) is 1. The van der Waals surface area contributed by atoms with Gasteiger partial charge < -0.3 is 10.2 Å². The average Bonchev–Trinajstić information content (AvgIpc) is 2.17. The lowest BCUT2D eigenvalue weighted by Gasteiger charge is -2.06. The number of ether oxygens (including phenoxy) is 1. The molecule has 0 amide bonds. The lowest BCUT2D eigenvalue weighted by molar-refractivity contribution is 0.0526. The Kier molecular flexibility index (Phi) is 3.35. The summed E-state index contributed by atoms with van der Waals surface area (Å²) in [5.74, 6) is 5.53. The number of aromatic nitrogens is 2. The molecule has 6 heteroatoms. The molecule has 14 heavy (non-hydrogen) atoms. The molecule has 1 rings (SSSR count). The van der Waals surface area contributed by atoms with Crippen LogP contribution in [-0.4, -0.2) is 22.5 Å². The van der Waals surface area contributed by atoms with Crippen LogP contribution in [0, 0.1) is 6.92 Å². The first kappa shape index (κ1) is 10.4. The lowest BCUT2D eigenvalue weighted by Crippen LogP contribution is -2.16. The maximum atomic E-state index is 11.3. The van der Waals surface area contributed by atoms with Crippen molar-refractivity contribution in [3.8, 4) is 0 Å². The maximum absolute atomic E-state index is 11.3. The van der Waals surface area contributed by atoms with E-state index in [1.807, 2.05) is 0 Å². The van der Waals surface area contributed by atoms with E-state index < -0.39 is 5.97 Å². The number of carbonyl (C=O) groups is 1. The van der Waals surface area contributed by atoms with E-state index in [0.29, 0.717) is 12.4 Å². The van der Waals surface area contributed by atoms with E-state index >= 15 is 0 Å². The highest BCUT2D eigenvalue weighted by molar-refractivity contribution is 5.94. The minimum absolute atomic E-state index is 0.236. The maximum Gasteiger partial charge on any atom is 0.343 e. The molecule has 0 aromatic carbocycles. The van der Waals surface area contributed by atoms with Crippen molar-refractivity contribution in [2.45, 2.75) is 13.8 Å². The Morgan fingerprint density at radius 3 is 3.00 bits per heavy atom. The summed E-state index contributed by atoms with van der Waals surface area (Å²) in [6.07, 6.45) is 1.38. The molecule has 0 atom stereocenters. The van der Waals surface area contributed by atoms with E-state index in [0.717, 1.165) is 0 Å². The van der Waals surface area contributed by atoms with Crippen LogP contribution in [0.4, 0.5) is 5.82 Å². The van der Waals surface area contributed by atoms with Gasteiger partial charge in [-0.25, -0.2) is 20.6 Å². The normalized spacial score (nSPS) is 9.64. The Morgan fingerprint density at radius 1 is 1.71 bits per heavy atom. The van der Waals surface area contributed by atoms with Gasteiger partial charge in [-0.3, -0.25) is 0 Å². The molecule has 0 fully saturated rings. The van der Waals surface area contributed by atoms with Crippen LogP contribution in [-0.2, 0) is 4.74 Å². The largest absolute Gasteiger partial charge is 0.462 e. The SMILES string of the molecule is CCOC(=O)c1cnc(C)nc1NN. The second-order valence-electron chi connectivity index (χ2n) is 2.54. The molecule has 0 saturated heterocycles. The van der Waals surface area contributed by atoms with Gasteiger partial charge in [-0.05, 0) is 13.8 Å². The van der Waals surface area contributed by atoms with Crippen molar-refractivity contribution < 1.29 is 9.53 Å². The summed E-state index contributed by atoms with van der Waals surface area (Å²) in [6.45, 7) is 3.73. The molecule has 1 aromatic rings. The number of anilines is 1. The number of nitrogen functional groups attached to an aromatic ring is 1. The molecule has 6 nitrogen and oxygen atoms in total. The minimum atomic E-state index is -0.486. The number of esters is 1. The zero-order chi connectivity index (χ0) is 10.6. The monoisotopic (exact) mass is 196 g/mol. The molecule has 0 spiro atoms. The average molecular weight is 196 g/mol. The van der Waals surface area contributed by atoms with E-state index in [4.69, 9.17) is 10.6 Å². The van der Waals surface area contributed by atoms with Crippen molar-refractivity contribution in [2.24, 2.45) is 5.84 Å². The summed E-state index contributed by atoms with van der Waals surface area (Å²) in [4.78, 5) is 19.2. The van der Waals surface area contributed by atoms with Crippen LogP contribution in [0.15, 0.2) is 6.20 Å². The fourth-order valence-corrected chi connectivity index (χ4v) is 0.938. The standard InChI is InChI=1S/C8H12N4O2/c1-3-14-8(13)6-4-10-5(2)11-7(6)12-9/h4H,3,9H2,1-2H3,(H,10,11,12). The molecule has 0 radical (unpaired) electrons. The summed E-state index contributed by atoms with van der Waals surface area (Å²) < 4.78 is 4.80. The van der Waals surface area contributed by atoms with Gasteiger partial charge in [-0.2, -0.15) is 0 Å². The van der Waals surface area contributed by atoms with Gasteiger partial charge in [0.25, 0.3) is 0 Å². The third kappa shape index (κ3) is 2.17. The predicted molar refractivity (Wildman–Crippen MR) is 50.5 cm³/mol. The molecule has 0 saturated carbocycles. The van der Waals surface area contributed by atoms with Gasteiger partial charge in [0, 0.05) is 6.20 Å². The third-order valence-corrected chi connectivity index (χ3v) is 1.54. The molecular formula is C8H12N4O2. The molecular weight excluding hydrogens is 184 g/mol. The fourth-order valence-electron chi connectivity index (χ4n) is 0.938. The van der Waals surface area contributed by atoms with Crippen molar-refractivity contribution >= 4 is 11.8 Å². The quantitative estimate of drug-likeness (QED) is 0.409. The van der Waals surface area contributed by atoms with E-state index in [1.165, 1.54) is 6.20 Å². The van der Waals surface area contributed by atoms with Crippen molar-refractivity contribution in [3.63, 3.8) is 0 Å². The van der Waals surface area contributed by atoms with E-state index in [-0.39, 0.29) is 11.4 Å². The molecule has 0 aliphatic heterocycles. The highest BCUT2D eigenvalue weighted by Crippen LogP contribution is 2.11. The van der Waals surface area contributed by atoms with Gasteiger partial charge in [0.1, 0.15) is 11.4 Å². The Labute approximate surface area is 81.5 Å². The van der Waals surface area contributed by atoms with Crippen LogP contribution in [0.5, 0.6) is 0 Å². The minimum Gasteiger partial charge on any atom is -0.462 e. The Morgan fingerprint density at radius 2 is 2.43 bits per heavy atom. The second-order valence-corrected chi connectivity index (χ2v) is 2.54. The van der Waals surface area contributed by atoms with Crippen molar-refractivity contribution in [2.75, 3.05) is 12.0 Å². The zero-order valence-corrected chi connectivity index (χ0v) is 8.07. The van der Waals surface area contributed by atoms with Crippen LogP contribution < -0.4 is 11.3 Å². The highest BCUT2D eigenvalue weighted by Gasteiger charge is 2.13. The second kappa shape index (κ2) is 4.52. The summed E-state index contributed by atoms with van der Waals surface area (Å²) in [5, 5.41) is 0. The number of hydrazine groups is 1. The number of carbonyl (C=O) groups excluding carboxylic acids is 1. The molecule has 0 bridgehead atoms. The van der Waals surface area contributed by atoms with Gasteiger partial charge >= 0.3 is 5.97 Å². The first-order valence-corrected chi connectivity index (χ1v) is 4.16. The van der Waals surface area contributed by atoms with Gasteiger partial charge in [0.2, 0.25) is 0 Å². The smallest absolute Gasteiger partial charge is 0.343 e. The van der Waals surface area contributed by atoms with Gasteiger partial charge in [-0.1, -0.05) is 0 Å². The zero-order valence-electron chi connectivity index (χ0n) is 8.07. The van der Waals surface area contributed by atoms with Crippen molar-refractivity contribution in [1.82, 2.24) is 9.97 Å². The number of aryl methyl sites for hydroxylation is 1. The Balaban J connectivity index is 3.01. The van der Waals surface area contributed by atoms with Gasteiger partial charge in [0.05, 0.1) is 6.61 Å². The van der Waals surface area contributed by atoms with Crippen LogP contribution in [0.25, 0.3) is 0 Å². The van der Waals surface area contributed by atoms with Crippen LogP contribution >= 0.6 is 0 Å². The molecule has 0 aliphatic carbocycles. The molecule has 76 valence electrons. The van der Waals surface area contributed by atoms with Crippen LogP contribution in [0.3, 0.4) is 0 Å². The number of nitrogens with zero attached hydrogens (tertiary/aromatic N) is 2. The van der Waals surface area contributed by atoms with Crippen molar-refractivity contribution in [1.29, 1.82) is 0 Å². The molecule has 0 unspecified atom stereocenters. The van der Waals surface area contributed by atoms with Gasteiger partial charge in [-0.15, -0.1) is 0 Å². The van der Waals surface area contributed by atoms with Crippen LogP contribution in [0.2, 0.25) is 0 Å². The third-order valence-electron chi connectivity index (χ3n) is 1.54. The predicted octanol–water partition coefficient (Wildman–Crippen LogP) is 0.247. The number of hydrogen-bond acceptors (Lipinski definition) is 6. The van der Waals surface area contributed by atoms with Gasteiger partial charge in [0.15, 0.2) is 5.82 Å². The summed E-state index contributed by atoms with van der Waals surface area (Å²) in [6, 6.07) is 0. The van der Waals surface area contributed by atoms with E-state index in [2.05, 4.69) is 15.4 Å². The molecule has 3 N–H and O–H groups in total. The van der Waals surface area contributed by atoms with Crippen LogP contribution in [0.1, 0.15) is 23.1 Å². The lowest BCUT2D eigenvalue weighted by atomic mass is 10.3. The Hall–Kier alpha value is -1.69. The Bertz CT molecular complexity index is 340. The molecule has 1 aromatic heterocycles. The first-order chi connectivity index (χ1) is 6.69. The molecule has 1 heterocycles. The van der Waals surface area contributed by atoms with Crippen molar-refractivity contribution in [3.05, 3.63) is 17.6 Å².